The van der Waals surface area contributed by atoms with Gasteiger partial charge in [0.15, 0.2) is 9.84 Å². The van der Waals surface area contributed by atoms with E-state index in [4.69, 9.17) is 0 Å². The highest BCUT2D eigenvalue weighted by Crippen LogP contribution is 2.38. The molecular weight excluding hydrogens is 663 g/mol. The van der Waals surface area contributed by atoms with Gasteiger partial charge >= 0.3 is 12.4 Å². The van der Waals surface area contributed by atoms with Crippen molar-refractivity contribution in [2.75, 3.05) is 11.5 Å². The molecule has 2 aromatic heterocycles. The fourth-order valence-corrected chi connectivity index (χ4v) is 6.44. The lowest BCUT2D eigenvalue weighted by molar-refractivity contribution is -0.138. The zero-order valence-electron chi connectivity index (χ0n) is 26.0. The molecule has 4 aromatic rings. The molecule has 0 saturated carbocycles. The van der Waals surface area contributed by atoms with Crippen LogP contribution < -0.4 is 0 Å². The summed E-state index contributed by atoms with van der Waals surface area (Å²) < 4.78 is 106. The first-order valence-electron chi connectivity index (χ1n) is 14.1. The highest BCUT2D eigenvalue weighted by molar-refractivity contribution is 7.99. The number of sulfone groups is 1. The number of alkyl halides is 6. The van der Waals surface area contributed by atoms with E-state index in [1.807, 2.05) is 37.6 Å². The summed E-state index contributed by atoms with van der Waals surface area (Å²) in [4.78, 5) is 8.74. The Hall–Kier alpha value is -3.78. The van der Waals surface area contributed by atoms with E-state index in [-0.39, 0.29) is 23.6 Å². The fraction of sp³-hybridized carbons (Fsp3) is 0.333. The van der Waals surface area contributed by atoms with E-state index < -0.39 is 33.3 Å². The first kappa shape index (κ1) is 39.4. The van der Waals surface area contributed by atoms with Crippen LogP contribution in [-0.4, -0.2) is 39.0 Å². The number of imidazole rings is 2. The van der Waals surface area contributed by atoms with E-state index in [9.17, 15) is 34.8 Å². The predicted octanol–water partition coefficient (Wildman–Crippen LogP) is 9.82. The predicted molar refractivity (Wildman–Crippen MR) is 178 cm³/mol. The van der Waals surface area contributed by atoms with Crippen molar-refractivity contribution in [3.05, 3.63) is 83.7 Å². The first-order valence-corrected chi connectivity index (χ1v) is 16.7. The Labute approximate surface area is 276 Å². The van der Waals surface area contributed by atoms with E-state index >= 15 is 0 Å². The summed E-state index contributed by atoms with van der Waals surface area (Å²) in [7, 11) is -0.304. The summed E-state index contributed by atoms with van der Waals surface area (Å²) in [6.45, 7) is 7.02. The molecule has 0 atom stereocenters. The molecule has 0 aliphatic rings. The second kappa shape index (κ2) is 15.9. The Morgan fingerprint density at radius 2 is 1.21 bits per heavy atom. The molecule has 0 aliphatic carbocycles. The third-order valence-corrected chi connectivity index (χ3v) is 9.57. The van der Waals surface area contributed by atoms with E-state index in [2.05, 4.69) is 9.97 Å². The Bertz CT molecular complexity index is 1840. The lowest BCUT2D eigenvalue weighted by Crippen LogP contribution is -2.11. The van der Waals surface area contributed by atoms with Gasteiger partial charge in [-0.25, -0.2) is 18.4 Å². The summed E-state index contributed by atoms with van der Waals surface area (Å²) in [5, 5.41) is 0. The van der Waals surface area contributed by atoms with Gasteiger partial charge in [0.1, 0.15) is 11.6 Å². The molecule has 2 aromatic carbocycles. The number of hydrogen-bond acceptors (Lipinski definition) is 5. The molecule has 0 radical (unpaired) electrons. The number of benzene rings is 2. The van der Waals surface area contributed by atoms with Crippen LogP contribution in [0.2, 0.25) is 0 Å². The van der Waals surface area contributed by atoms with Gasteiger partial charge in [-0.15, -0.1) is 11.8 Å². The second-order valence-corrected chi connectivity index (χ2v) is 13.4. The topological polar surface area (TPSA) is 69.8 Å². The van der Waals surface area contributed by atoms with E-state index in [0.717, 1.165) is 29.2 Å². The zero-order chi connectivity index (χ0) is 34.4. The molecule has 0 unspecified atom stereocenters. The standard InChI is InChI=1S/C16H17F3N2O2S.C16H17F3N2S.CH4/c1-4-6-15-20-10-13(21(15)3)12-8-7-11(16(17,18)19)9-14(12)24(22,23)5-2;1-4-6-15-20-10-13(21(15)3)12-8-7-11(16(17,18)19)9-14(12)22-5-2;/h4,6-10H,5H2,1-3H3;4,6-10H,5H2,1-3H3;1H4/b2*6-4+;. The minimum atomic E-state index is -4.61. The number of rotatable bonds is 8. The Morgan fingerprint density at radius 1 is 0.766 bits per heavy atom. The van der Waals surface area contributed by atoms with Gasteiger partial charge in [0, 0.05) is 30.1 Å². The quantitative estimate of drug-likeness (QED) is 0.135. The molecule has 0 N–H and O–H groups in total. The van der Waals surface area contributed by atoms with Crippen molar-refractivity contribution in [3.8, 4) is 22.5 Å². The van der Waals surface area contributed by atoms with Crippen molar-refractivity contribution >= 4 is 33.8 Å². The second-order valence-electron chi connectivity index (χ2n) is 9.88. The molecule has 0 aliphatic heterocycles. The molecule has 0 spiro atoms. The van der Waals surface area contributed by atoms with Gasteiger partial charge in [0.25, 0.3) is 0 Å². The third-order valence-electron chi connectivity index (χ3n) is 6.86. The molecule has 256 valence electrons. The van der Waals surface area contributed by atoms with Crippen molar-refractivity contribution in [3.63, 3.8) is 0 Å². The minimum absolute atomic E-state index is 0. The van der Waals surface area contributed by atoms with Crippen LogP contribution in [0.5, 0.6) is 0 Å². The number of halogens is 6. The SMILES string of the molecule is C.C/C=C/c1ncc(-c2ccc(C(F)(F)F)cc2S(=O)(=O)CC)n1C.C/C=C/c1ncc(-c2ccc(C(F)(F)F)cc2SCC)n1C. The molecule has 0 saturated heterocycles. The summed E-state index contributed by atoms with van der Waals surface area (Å²) >= 11 is 1.40. The maximum atomic E-state index is 13.0. The molecular formula is C33H38F6N4O2S2. The van der Waals surface area contributed by atoms with Crippen LogP contribution in [0.1, 0.15) is 57.9 Å². The first-order chi connectivity index (χ1) is 21.5. The summed E-state index contributed by atoms with van der Waals surface area (Å²) in [5.41, 5.74) is 0.597. The van der Waals surface area contributed by atoms with Crippen LogP contribution in [0.25, 0.3) is 34.7 Å². The lowest BCUT2D eigenvalue weighted by Gasteiger charge is -2.14. The number of aromatic nitrogens is 4. The van der Waals surface area contributed by atoms with Crippen molar-refractivity contribution < 1.29 is 34.8 Å². The summed E-state index contributed by atoms with van der Waals surface area (Å²) in [6, 6.07) is 6.62. The number of thioether (sulfide) groups is 1. The lowest BCUT2D eigenvalue weighted by atomic mass is 10.1. The maximum absolute atomic E-state index is 13.0. The zero-order valence-corrected chi connectivity index (χ0v) is 27.7. The van der Waals surface area contributed by atoms with E-state index in [1.165, 1.54) is 43.1 Å². The minimum Gasteiger partial charge on any atom is -0.328 e. The van der Waals surface area contributed by atoms with Crippen LogP contribution in [0, 0.1) is 0 Å². The van der Waals surface area contributed by atoms with Crippen LogP contribution in [-0.2, 0) is 36.3 Å². The number of hydrogen-bond donors (Lipinski definition) is 0. The third kappa shape index (κ3) is 9.19. The van der Waals surface area contributed by atoms with E-state index in [1.54, 1.807) is 36.9 Å². The Kier molecular flexibility index (Phi) is 13.3. The highest BCUT2D eigenvalue weighted by atomic mass is 32.2. The van der Waals surface area contributed by atoms with Crippen molar-refractivity contribution in [2.24, 2.45) is 14.1 Å². The maximum Gasteiger partial charge on any atom is 0.416 e. The molecule has 2 heterocycles. The average Bonchev–Trinajstić information content (AvgIpc) is 3.54. The molecule has 6 nitrogen and oxygen atoms in total. The van der Waals surface area contributed by atoms with Crippen molar-refractivity contribution in [1.82, 2.24) is 19.1 Å². The Balaban J connectivity index is 0.000000321. The van der Waals surface area contributed by atoms with Crippen LogP contribution in [0.15, 0.2) is 70.7 Å². The fourth-order valence-electron chi connectivity index (χ4n) is 4.46. The normalized spacial score (nSPS) is 12.3. The van der Waals surface area contributed by atoms with Gasteiger partial charge < -0.3 is 9.13 Å². The van der Waals surface area contributed by atoms with Crippen molar-refractivity contribution in [2.45, 2.75) is 57.3 Å². The van der Waals surface area contributed by atoms with Crippen LogP contribution in [0.3, 0.4) is 0 Å². The van der Waals surface area contributed by atoms with Gasteiger partial charge in [0.05, 0.1) is 45.6 Å². The van der Waals surface area contributed by atoms with E-state index in [0.29, 0.717) is 28.2 Å². The molecule has 14 heteroatoms. The average molecular weight is 701 g/mol. The molecule has 47 heavy (non-hydrogen) atoms. The van der Waals surface area contributed by atoms with Gasteiger partial charge in [-0.3, -0.25) is 0 Å². The van der Waals surface area contributed by atoms with Gasteiger partial charge in [0.2, 0.25) is 0 Å². The molecule has 0 fully saturated rings. The van der Waals surface area contributed by atoms with Gasteiger partial charge in [-0.1, -0.05) is 45.6 Å². The highest BCUT2D eigenvalue weighted by Gasteiger charge is 2.33. The smallest absolute Gasteiger partial charge is 0.328 e. The molecule has 4 rings (SSSR count). The number of allylic oxidation sites excluding steroid dienone is 2. The molecule has 0 bridgehead atoms. The van der Waals surface area contributed by atoms with Crippen molar-refractivity contribution in [1.29, 1.82) is 0 Å². The summed E-state index contributed by atoms with van der Waals surface area (Å²) in [5.74, 6) is 1.76. The Morgan fingerprint density at radius 3 is 1.64 bits per heavy atom. The van der Waals surface area contributed by atoms with Crippen LogP contribution in [0.4, 0.5) is 26.3 Å². The van der Waals surface area contributed by atoms with Gasteiger partial charge in [-0.2, -0.15) is 26.3 Å². The largest absolute Gasteiger partial charge is 0.416 e. The number of nitrogens with zero attached hydrogens (tertiary/aromatic N) is 4. The summed E-state index contributed by atoms with van der Waals surface area (Å²) in [6.07, 6.45) is 1.43. The van der Waals surface area contributed by atoms with Crippen LogP contribution >= 0.6 is 11.8 Å². The van der Waals surface area contributed by atoms with Gasteiger partial charge in [-0.05, 0) is 56.0 Å². The monoisotopic (exact) mass is 700 g/mol. The molecule has 0 amide bonds.